The summed E-state index contributed by atoms with van der Waals surface area (Å²) >= 11 is 3.42. The highest BCUT2D eigenvalue weighted by atomic mass is 32.2. The Morgan fingerprint density at radius 2 is 2.26 bits per heavy atom. The van der Waals surface area contributed by atoms with E-state index in [0.29, 0.717) is 5.92 Å². The van der Waals surface area contributed by atoms with Crippen LogP contribution >= 0.6 is 23.1 Å². The largest absolute Gasteiger partial charge is 0.317 e. The van der Waals surface area contributed by atoms with Gasteiger partial charge < -0.3 is 9.88 Å². The minimum absolute atomic E-state index is 0.552. The highest BCUT2D eigenvalue weighted by Crippen LogP contribution is 2.28. The van der Waals surface area contributed by atoms with Gasteiger partial charge in [-0.05, 0) is 25.9 Å². The van der Waals surface area contributed by atoms with Crippen LogP contribution in [-0.4, -0.2) is 32.8 Å². The van der Waals surface area contributed by atoms with Crippen LogP contribution in [0.5, 0.6) is 0 Å². The molecule has 1 saturated heterocycles. The van der Waals surface area contributed by atoms with Crippen molar-refractivity contribution in [3.05, 3.63) is 22.4 Å². The van der Waals surface area contributed by atoms with E-state index in [1.807, 2.05) is 11.7 Å². The molecule has 1 N–H and O–H groups in total. The SMILES string of the molecule is Cn1c(SCc2cncs2)nnc1C1CCNCC1. The second-order valence-corrected chi connectivity index (χ2v) is 6.59. The van der Waals surface area contributed by atoms with E-state index in [1.165, 1.54) is 4.88 Å². The minimum Gasteiger partial charge on any atom is -0.317 e. The number of hydrogen-bond acceptors (Lipinski definition) is 6. The lowest BCUT2D eigenvalue weighted by molar-refractivity contribution is 0.434. The molecule has 7 heteroatoms. The fraction of sp³-hybridized carbons (Fsp3) is 0.583. The molecule has 0 radical (unpaired) electrons. The number of rotatable bonds is 4. The molecule has 102 valence electrons. The Hall–Kier alpha value is -0.920. The number of nitrogens with one attached hydrogen (secondary N) is 1. The number of piperidine rings is 1. The summed E-state index contributed by atoms with van der Waals surface area (Å²) in [6.45, 7) is 2.17. The second-order valence-electron chi connectivity index (χ2n) is 4.68. The van der Waals surface area contributed by atoms with E-state index in [9.17, 15) is 0 Å². The minimum atomic E-state index is 0.552. The summed E-state index contributed by atoms with van der Waals surface area (Å²) in [4.78, 5) is 5.37. The molecule has 0 amide bonds. The Labute approximate surface area is 120 Å². The molecule has 0 bridgehead atoms. The van der Waals surface area contributed by atoms with Crippen molar-refractivity contribution in [1.82, 2.24) is 25.1 Å². The smallest absolute Gasteiger partial charge is 0.191 e. The quantitative estimate of drug-likeness (QED) is 0.875. The van der Waals surface area contributed by atoms with Gasteiger partial charge in [-0.1, -0.05) is 11.8 Å². The molecule has 2 aromatic heterocycles. The molecule has 3 heterocycles. The van der Waals surface area contributed by atoms with Gasteiger partial charge in [-0.15, -0.1) is 21.5 Å². The molecule has 0 aliphatic carbocycles. The Morgan fingerprint density at radius 1 is 1.42 bits per heavy atom. The van der Waals surface area contributed by atoms with Crippen LogP contribution in [0.15, 0.2) is 16.9 Å². The first-order valence-corrected chi connectivity index (χ1v) is 8.31. The fourth-order valence-electron chi connectivity index (χ4n) is 2.34. The number of hydrogen-bond donors (Lipinski definition) is 1. The van der Waals surface area contributed by atoms with Crippen LogP contribution in [-0.2, 0) is 12.8 Å². The molecule has 3 rings (SSSR count). The first kappa shape index (κ1) is 13.1. The van der Waals surface area contributed by atoms with Gasteiger partial charge in [0.2, 0.25) is 0 Å². The summed E-state index contributed by atoms with van der Waals surface area (Å²) < 4.78 is 2.15. The zero-order valence-electron chi connectivity index (χ0n) is 10.9. The summed E-state index contributed by atoms with van der Waals surface area (Å²) in [6, 6.07) is 0. The van der Waals surface area contributed by atoms with E-state index < -0.39 is 0 Å². The molecule has 0 saturated carbocycles. The topological polar surface area (TPSA) is 55.6 Å². The third kappa shape index (κ3) is 2.98. The second kappa shape index (κ2) is 6.02. The molecule has 0 unspecified atom stereocenters. The molecule has 19 heavy (non-hydrogen) atoms. The third-order valence-electron chi connectivity index (χ3n) is 3.40. The molecule has 0 atom stereocenters. The Balaban J connectivity index is 1.67. The van der Waals surface area contributed by atoms with Gasteiger partial charge in [0.15, 0.2) is 5.16 Å². The highest BCUT2D eigenvalue weighted by molar-refractivity contribution is 7.98. The number of thioether (sulfide) groups is 1. The van der Waals surface area contributed by atoms with E-state index in [1.54, 1.807) is 23.1 Å². The zero-order valence-corrected chi connectivity index (χ0v) is 12.5. The van der Waals surface area contributed by atoms with Crippen LogP contribution in [0.2, 0.25) is 0 Å². The maximum Gasteiger partial charge on any atom is 0.191 e. The number of aromatic nitrogens is 4. The lowest BCUT2D eigenvalue weighted by Gasteiger charge is -2.21. The Morgan fingerprint density at radius 3 is 3.00 bits per heavy atom. The summed E-state index contributed by atoms with van der Waals surface area (Å²) in [5.41, 5.74) is 1.87. The molecule has 5 nitrogen and oxygen atoms in total. The summed E-state index contributed by atoms with van der Waals surface area (Å²) in [7, 11) is 2.08. The fourth-order valence-corrected chi connectivity index (χ4v) is 3.90. The van der Waals surface area contributed by atoms with Crippen molar-refractivity contribution in [2.45, 2.75) is 29.7 Å². The van der Waals surface area contributed by atoms with Crippen LogP contribution in [0.1, 0.15) is 29.5 Å². The molecule has 1 aliphatic heterocycles. The molecule has 0 spiro atoms. The lowest BCUT2D eigenvalue weighted by Crippen LogP contribution is -2.27. The molecular weight excluding hydrogens is 278 g/mol. The van der Waals surface area contributed by atoms with Gasteiger partial charge in [0.1, 0.15) is 5.82 Å². The predicted molar refractivity (Wildman–Crippen MR) is 77.5 cm³/mol. The van der Waals surface area contributed by atoms with Crippen molar-refractivity contribution in [2.75, 3.05) is 13.1 Å². The summed E-state index contributed by atoms with van der Waals surface area (Å²) in [5.74, 6) is 2.60. The summed E-state index contributed by atoms with van der Waals surface area (Å²) in [6.07, 6.45) is 4.23. The normalized spacial score (nSPS) is 16.9. The van der Waals surface area contributed by atoms with Crippen molar-refractivity contribution in [3.63, 3.8) is 0 Å². The number of nitrogens with zero attached hydrogens (tertiary/aromatic N) is 4. The molecule has 1 fully saturated rings. The first-order valence-electron chi connectivity index (χ1n) is 6.45. The van der Waals surface area contributed by atoms with Crippen LogP contribution < -0.4 is 5.32 Å². The van der Waals surface area contributed by atoms with E-state index in [2.05, 4.69) is 32.1 Å². The van der Waals surface area contributed by atoms with Crippen molar-refractivity contribution in [1.29, 1.82) is 0 Å². The van der Waals surface area contributed by atoms with Gasteiger partial charge in [-0.25, -0.2) is 0 Å². The van der Waals surface area contributed by atoms with E-state index in [4.69, 9.17) is 0 Å². The summed E-state index contributed by atoms with van der Waals surface area (Å²) in [5, 5.41) is 13.1. The molecule has 2 aromatic rings. The monoisotopic (exact) mass is 295 g/mol. The van der Waals surface area contributed by atoms with Crippen LogP contribution in [0.25, 0.3) is 0 Å². The van der Waals surface area contributed by atoms with E-state index >= 15 is 0 Å². The maximum atomic E-state index is 4.39. The van der Waals surface area contributed by atoms with Crippen molar-refractivity contribution >= 4 is 23.1 Å². The van der Waals surface area contributed by atoms with Crippen LogP contribution in [0, 0.1) is 0 Å². The Kier molecular flexibility index (Phi) is 4.15. The van der Waals surface area contributed by atoms with E-state index in [0.717, 1.165) is 42.7 Å². The van der Waals surface area contributed by atoms with Gasteiger partial charge >= 0.3 is 0 Å². The molecular formula is C12H17N5S2. The standard InChI is InChI=1S/C12H17N5S2/c1-17-11(9-2-4-13-5-3-9)15-16-12(17)18-7-10-6-14-8-19-10/h6,8-9,13H,2-5,7H2,1H3. The third-order valence-corrected chi connectivity index (χ3v) is 5.43. The average Bonchev–Trinajstić information content (AvgIpc) is 3.07. The van der Waals surface area contributed by atoms with Crippen LogP contribution in [0.3, 0.4) is 0 Å². The highest BCUT2D eigenvalue weighted by Gasteiger charge is 2.21. The average molecular weight is 295 g/mol. The maximum absolute atomic E-state index is 4.39. The van der Waals surface area contributed by atoms with Gasteiger partial charge in [0, 0.05) is 29.8 Å². The molecule has 1 aliphatic rings. The first-order chi connectivity index (χ1) is 9.34. The lowest BCUT2D eigenvalue weighted by atomic mass is 9.97. The van der Waals surface area contributed by atoms with Crippen molar-refractivity contribution in [3.8, 4) is 0 Å². The van der Waals surface area contributed by atoms with Crippen LogP contribution in [0.4, 0.5) is 0 Å². The van der Waals surface area contributed by atoms with Gasteiger partial charge in [0.05, 0.1) is 5.51 Å². The van der Waals surface area contributed by atoms with E-state index in [-0.39, 0.29) is 0 Å². The van der Waals surface area contributed by atoms with Gasteiger partial charge in [0.25, 0.3) is 0 Å². The van der Waals surface area contributed by atoms with Crippen molar-refractivity contribution in [2.24, 2.45) is 7.05 Å². The van der Waals surface area contributed by atoms with Gasteiger partial charge in [-0.2, -0.15) is 0 Å². The Bertz CT molecular complexity index is 516. The van der Waals surface area contributed by atoms with Crippen molar-refractivity contribution < 1.29 is 0 Å². The zero-order chi connectivity index (χ0) is 13.1. The predicted octanol–water partition coefficient (Wildman–Crippen LogP) is 2.03. The molecule has 0 aromatic carbocycles. The van der Waals surface area contributed by atoms with Gasteiger partial charge in [-0.3, -0.25) is 4.98 Å². The number of thiazole rings is 1.